The van der Waals surface area contributed by atoms with Crippen molar-refractivity contribution in [3.05, 3.63) is 58.6 Å². The third kappa shape index (κ3) is 5.95. The standard InChI is InChI=1S/C21H26ClNO3/c1-4-7-15(3)23-21(24)16-10-11-20(25-5-2)17(12-16)14-26-19-9-6-8-18(22)13-19/h6,8-13,15H,4-5,7,14H2,1-3H3,(H,23,24)/t15-/m0/s1. The third-order valence-electron chi connectivity index (χ3n) is 3.91. The summed E-state index contributed by atoms with van der Waals surface area (Å²) in [5, 5.41) is 3.64. The van der Waals surface area contributed by atoms with E-state index in [2.05, 4.69) is 12.2 Å². The molecule has 1 N–H and O–H groups in total. The highest BCUT2D eigenvalue weighted by atomic mass is 35.5. The van der Waals surface area contributed by atoms with Crippen molar-refractivity contribution in [1.82, 2.24) is 5.32 Å². The first-order chi connectivity index (χ1) is 12.5. The number of carbonyl (C=O) groups excluding carboxylic acids is 1. The zero-order chi connectivity index (χ0) is 18.9. The quantitative estimate of drug-likeness (QED) is 0.652. The first kappa shape index (κ1) is 20.1. The molecule has 0 bridgehead atoms. The summed E-state index contributed by atoms with van der Waals surface area (Å²) < 4.78 is 11.5. The number of halogens is 1. The Balaban J connectivity index is 2.15. The molecule has 0 fully saturated rings. The second-order valence-corrected chi connectivity index (χ2v) is 6.60. The highest BCUT2D eigenvalue weighted by molar-refractivity contribution is 6.30. The second-order valence-electron chi connectivity index (χ2n) is 6.16. The molecule has 0 aromatic heterocycles. The van der Waals surface area contributed by atoms with Gasteiger partial charge in [-0.1, -0.05) is 31.0 Å². The number of carbonyl (C=O) groups is 1. The topological polar surface area (TPSA) is 47.6 Å². The Bertz CT molecular complexity index is 733. The number of ether oxygens (including phenoxy) is 2. The smallest absolute Gasteiger partial charge is 0.251 e. The number of hydrogen-bond donors (Lipinski definition) is 1. The molecule has 0 aliphatic carbocycles. The highest BCUT2D eigenvalue weighted by Gasteiger charge is 2.13. The van der Waals surface area contributed by atoms with Crippen molar-refractivity contribution in [2.24, 2.45) is 0 Å². The van der Waals surface area contributed by atoms with Crippen molar-refractivity contribution in [1.29, 1.82) is 0 Å². The maximum Gasteiger partial charge on any atom is 0.251 e. The lowest BCUT2D eigenvalue weighted by atomic mass is 10.1. The van der Waals surface area contributed by atoms with E-state index in [0.717, 1.165) is 18.4 Å². The van der Waals surface area contributed by atoms with E-state index in [1.54, 1.807) is 18.2 Å². The molecule has 0 unspecified atom stereocenters. The number of amides is 1. The summed E-state index contributed by atoms with van der Waals surface area (Å²) >= 11 is 5.99. The molecular weight excluding hydrogens is 350 g/mol. The van der Waals surface area contributed by atoms with Gasteiger partial charge in [-0.15, -0.1) is 0 Å². The van der Waals surface area contributed by atoms with E-state index in [-0.39, 0.29) is 11.9 Å². The number of benzene rings is 2. The van der Waals surface area contributed by atoms with E-state index in [4.69, 9.17) is 21.1 Å². The average molecular weight is 376 g/mol. The van der Waals surface area contributed by atoms with Gasteiger partial charge in [-0.25, -0.2) is 0 Å². The zero-order valence-corrected chi connectivity index (χ0v) is 16.3. The van der Waals surface area contributed by atoms with Gasteiger partial charge in [0.2, 0.25) is 0 Å². The molecule has 0 saturated carbocycles. The van der Waals surface area contributed by atoms with E-state index in [1.807, 2.05) is 38.1 Å². The minimum Gasteiger partial charge on any atom is -0.493 e. The van der Waals surface area contributed by atoms with Crippen molar-refractivity contribution in [2.45, 2.75) is 46.3 Å². The molecule has 140 valence electrons. The molecule has 5 heteroatoms. The van der Waals surface area contributed by atoms with Gasteiger partial charge in [-0.3, -0.25) is 4.79 Å². The van der Waals surface area contributed by atoms with Gasteiger partial charge in [0, 0.05) is 22.2 Å². The van der Waals surface area contributed by atoms with Gasteiger partial charge in [0.1, 0.15) is 18.1 Å². The summed E-state index contributed by atoms with van der Waals surface area (Å²) in [7, 11) is 0. The fourth-order valence-corrected chi connectivity index (χ4v) is 2.84. The molecule has 0 saturated heterocycles. The lowest BCUT2D eigenvalue weighted by Gasteiger charge is -2.15. The monoisotopic (exact) mass is 375 g/mol. The fraction of sp³-hybridized carbons (Fsp3) is 0.381. The van der Waals surface area contributed by atoms with Crippen LogP contribution in [0.15, 0.2) is 42.5 Å². The van der Waals surface area contributed by atoms with Crippen LogP contribution in [0.4, 0.5) is 0 Å². The second kappa shape index (κ2) is 10.1. The van der Waals surface area contributed by atoms with Crippen molar-refractivity contribution in [3.8, 4) is 11.5 Å². The minimum atomic E-state index is -0.0852. The predicted octanol–water partition coefficient (Wildman–Crippen LogP) is 5.24. The molecule has 2 aromatic carbocycles. The number of rotatable bonds is 9. The largest absolute Gasteiger partial charge is 0.493 e. The van der Waals surface area contributed by atoms with Crippen LogP contribution < -0.4 is 14.8 Å². The number of nitrogens with one attached hydrogen (secondary N) is 1. The third-order valence-corrected chi connectivity index (χ3v) is 4.15. The normalized spacial score (nSPS) is 11.7. The van der Waals surface area contributed by atoms with Gasteiger partial charge < -0.3 is 14.8 Å². The van der Waals surface area contributed by atoms with Crippen molar-refractivity contribution in [2.75, 3.05) is 6.61 Å². The summed E-state index contributed by atoms with van der Waals surface area (Å²) in [6.07, 6.45) is 1.98. The predicted molar refractivity (Wildman–Crippen MR) is 105 cm³/mol. The van der Waals surface area contributed by atoms with Crippen LogP contribution in [-0.4, -0.2) is 18.6 Å². The van der Waals surface area contributed by atoms with E-state index in [1.165, 1.54) is 0 Å². The average Bonchev–Trinajstić information content (AvgIpc) is 2.61. The Morgan fingerprint density at radius 2 is 1.96 bits per heavy atom. The molecule has 0 aliphatic heterocycles. The minimum absolute atomic E-state index is 0.0852. The summed E-state index contributed by atoms with van der Waals surface area (Å²) in [6, 6.07) is 12.8. The Morgan fingerprint density at radius 3 is 2.65 bits per heavy atom. The fourth-order valence-electron chi connectivity index (χ4n) is 2.66. The van der Waals surface area contributed by atoms with Crippen LogP contribution in [0.25, 0.3) is 0 Å². The molecule has 26 heavy (non-hydrogen) atoms. The Kier molecular flexibility index (Phi) is 7.79. The van der Waals surface area contributed by atoms with Crippen LogP contribution >= 0.6 is 11.6 Å². The van der Waals surface area contributed by atoms with Crippen LogP contribution in [0.2, 0.25) is 5.02 Å². The first-order valence-electron chi connectivity index (χ1n) is 8.98. The Hall–Kier alpha value is -2.20. The van der Waals surface area contributed by atoms with Crippen LogP contribution in [-0.2, 0) is 6.61 Å². The molecule has 0 radical (unpaired) electrons. The number of hydrogen-bond acceptors (Lipinski definition) is 3. The molecule has 1 amide bonds. The van der Waals surface area contributed by atoms with E-state index in [9.17, 15) is 4.79 Å². The van der Waals surface area contributed by atoms with E-state index >= 15 is 0 Å². The van der Waals surface area contributed by atoms with Gasteiger partial charge in [0.05, 0.1) is 6.61 Å². The van der Waals surface area contributed by atoms with Crippen LogP contribution in [0.5, 0.6) is 11.5 Å². The van der Waals surface area contributed by atoms with Gasteiger partial charge in [-0.05, 0) is 56.7 Å². The molecule has 0 heterocycles. The SMILES string of the molecule is CCC[C@H](C)NC(=O)c1ccc(OCC)c(COc2cccc(Cl)c2)c1. The molecule has 0 aliphatic rings. The van der Waals surface area contributed by atoms with Crippen LogP contribution in [0.3, 0.4) is 0 Å². The Morgan fingerprint density at radius 1 is 1.15 bits per heavy atom. The lowest BCUT2D eigenvalue weighted by Crippen LogP contribution is -2.32. The highest BCUT2D eigenvalue weighted by Crippen LogP contribution is 2.24. The van der Waals surface area contributed by atoms with Gasteiger partial charge in [0.15, 0.2) is 0 Å². The van der Waals surface area contributed by atoms with E-state index in [0.29, 0.717) is 35.3 Å². The van der Waals surface area contributed by atoms with E-state index < -0.39 is 0 Å². The molecule has 0 spiro atoms. The van der Waals surface area contributed by atoms with Gasteiger partial charge >= 0.3 is 0 Å². The van der Waals surface area contributed by atoms with Crippen LogP contribution in [0.1, 0.15) is 49.5 Å². The maximum absolute atomic E-state index is 12.5. The molecule has 2 rings (SSSR count). The van der Waals surface area contributed by atoms with Crippen molar-refractivity contribution >= 4 is 17.5 Å². The van der Waals surface area contributed by atoms with Gasteiger partial charge in [0.25, 0.3) is 5.91 Å². The maximum atomic E-state index is 12.5. The Labute approximate surface area is 160 Å². The first-order valence-corrected chi connectivity index (χ1v) is 9.36. The lowest BCUT2D eigenvalue weighted by molar-refractivity contribution is 0.0938. The summed E-state index contributed by atoms with van der Waals surface area (Å²) in [5.74, 6) is 1.30. The molecule has 2 aromatic rings. The van der Waals surface area contributed by atoms with Crippen molar-refractivity contribution < 1.29 is 14.3 Å². The molecule has 4 nitrogen and oxygen atoms in total. The van der Waals surface area contributed by atoms with Gasteiger partial charge in [-0.2, -0.15) is 0 Å². The molecule has 1 atom stereocenters. The summed E-state index contributed by atoms with van der Waals surface area (Å²) in [5.41, 5.74) is 1.42. The summed E-state index contributed by atoms with van der Waals surface area (Å²) in [4.78, 5) is 12.5. The van der Waals surface area contributed by atoms with Crippen LogP contribution in [0, 0.1) is 0 Å². The van der Waals surface area contributed by atoms with Crippen molar-refractivity contribution in [3.63, 3.8) is 0 Å². The zero-order valence-electron chi connectivity index (χ0n) is 15.5. The summed E-state index contributed by atoms with van der Waals surface area (Å²) in [6.45, 7) is 6.88. The molecular formula is C21H26ClNO3.